The molecule has 0 unspecified atom stereocenters. The molecule has 0 saturated heterocycles. The van der Waals surface area contributed by atoms with E-state index in [1.807, 2.05) is 12.1 Å². The number of ether oxygens (including phenoxy) is 1. The normalized spacial score (nSPS) is 15.5. The predicted octanol–water partition coefficient (Wildman–Crippen LogP) is 2.23. The largest absolute Gasteiger partial charge is 0.419 e. The molecule has 0 atom stereocenters. The van der Waals surface area contributed by atoms with Crippen LogP contribution in [0.2, 0.25) is 0 Å². The van der Waals surface area contributed by atoms with Crippen LogP contribution in [0.15, 0.2) is 18.2 Å². The molecule has 3 heteroatoms. The number of rotatable bonds is 1. The van der Waals surface area contributed by atoms with E-state index in [1.54, 1.807) is 0 Å². The molecule has 1 aliphatic rings. The van der Waals surface area contributed by atoms with E-state index in [2.05, 4.69) is 30.9 Å². The summed E-state index contributed by atoms with van der Waals surface area (Å²) in [5.74, 6) is 0. The molecule has 0 saturated carbocycles. The quantitative estimate of drug-likeness (QED) is 0.697. The van der Waals surface area contributed by atoms with Crippen LogP contribution in [0.4, 0.5) is 5.69 Å². The van der Waals surface area contributed by atoms with Gasteiger partial charge in [-0.25, -0.2) is 0 Å². The first-order valence-corrected chi connectivity index (χ1v) is 5.13. The van der Waals surface area contributed by atoms with E-state index < -0.39 is 0 Å². The molecule has 1 aromatic carbocycles. The van der Waals surface area contributed by atoms with Crippen molar-refractivity contribution in [3.05, 3.63) is 29.8 Å². The number of hydrogen-bond donors (Lipinski definition) is 0. The average molecular weight is 376 g/mol. The first-order chi connectivity index (χ1) is 6.79. The molecular formula is C12H16NORe-. The molecule has 2 rings (SSSR count). The Balaban J connectivity index is 0.00000112. The van der Waals surface area contributed by atoms with Crippen molar-refractivity contribution >= 4 is 5.69 Å². The summed E-state index contributed by atoms with van der Waals surface area (Å²) >= 11 is 0. The molecule has 83 valence electrons. The summed E-state index contributed by atoms with van der Waals surface area (Å²) in [7, 11) is 0. The van der Waals surface area contributed by atoms with E-state index in [9.17, 15) is 0 Å². The molecule has 0 aromatic heterocycles. The number of benzene rings is 1. The van der Waals surface area contributed by atoms with Crippen molar-refractivity contribution in [2.24, 2.45) is 0 Å². The first-order valence-electron chi connectivity index (χ1n) is 5.13. The molecule has 0 fully saturated rings. The van der Waals surface area contributed by atoms with Crippen molar-refractivity contribution in [1.82, 2.24) is 0 Å². The van der Waals surface area contributed by atoms with Crippen LogP contribution in [0.25, 0.3) is 0 Å². The first kappa shape index (κ1) is 12.7. The topological polar surface area (TPSA) is 12.5 Å². The van der Waals surface area contributed by atoms with Gasteiger partial charge >= 0.3 is 0 Å². The Morgan fingerprint density at radius 1 is 1.47 bits per heavy atom. The van der Waals surface area contributed by atoms with Gasteiger partial charge in [-0.1, -0.05) is 5.69 Å². The third-order valence-electron chi connectivity index (χ3n) is 2.57. The van der Waals surface area contributed by atoms with Crippen LogP contribution < -0.4 is 4.90 Å². The van der Waals surface area contributed by atoms with Gasteiger partial charge in [0.1, 0.15) is 0 Å². The summed E-state index contributed by atoms with van der Waals surface area (Å²) in [5.41, 5.74) is 2.46. The fourth-order valence-electron chi connectivity index (χ4n) is 1.84. The van der Waals surface area contributed by atoms with E-state index in [1.165, 1.54) is 11.3 Å². The van der Waals surface area contributed by atoms with Crippen LogP contribution in [-0.4, -0.2) is 19.2 Å². The zero-order chi connectivity index (χ0) is 9.97. The van der Waals surface area contributed by atoms with Gasteiger partial charge in [0.05, 0.1) is 13.2 Å². The van der Waals surface area contributed by atoms with Gasteiger partial charge in [0, 0.05) is 33.0 Å². The van der Waals surface area contributed by atoms with Crippen molar-refractivity contribution in [2.75, 3.05) is 18.1 Å². The van der Waals surface area contributed by atoms with Gasteiger partial charge < -0.3 is 9.64 Å². The van der Waals surface area contributed by atoms with E-state index in [0.29, 0.717) is 12.6 Å². The Kier molecular flexibility index (Phi) is 4.79. The van der Waals surface area contributed by atoms with Crippen LogP contribution in [0, 0.1) is 6.07 Å². The summed E-state index contributed by atoms with van der Waals surface area (Å²) in [5, 5.41) is 0. The Hall–Kier alpha value is -0.358. The molecule has 0 bridgehead atoms. The Morgan fingerprint density at radius 2 is 2.27 bits per heavy atom. The van der Waals surface area contributed by atoms with Crippen LogP contribution in [0.1, 0.15) is 19.4 Å². The summed E-state index contributed by atoms with van der Waals surface area (Å²) in [4.78, 5) is 2.37. The van der Waals surface area contributed by atoms with Crippen LogP contribution >= 0.6 is 0 Å². The van der Waals surface area contributed by atoms with Gasteiger partial charge in [0.25, 0.3) is 0 Å². The second kappa shape index (κ2) is 5.65. The van der Waals surface area contributed by atoms with Gasteiger partial charge in [-0.2, -0.15) is 18.2 Å². The maximum atomic E-state index is 5.53. The number of nitrogens with zero attached hydrogens (tertiary/aromatic N) is 1. The number of anilines is 1. The average Bonchev–Trinajstić information content (AvgIpc) is 2.39. The maximum Gasteiger partial charge on any atom is 0.0635 e. The smallest absolute Gasteiger partial charge is 0.0635 e. The molecule has 1 radical (unpaired) electrons. The van der Waals surface area contributed by atoms with Crippen molar-refractivity contribution < 1.29 is 25.2 Å². The van der Waals surface area contributed by atoms with Gasteiger partial charge in [0.2, 0.25) is 0 Å². The third kappa shape index (κ3) is 2.81. The minimum Gasteiger partial charge on any atom is -0.419 e. The molecule has 2 nitrogen and oxygen atoms in total. The summed E-state index contributed by atoms with van der Waals surface area (Å²) in [6.45, 7) is 6.90. The SMILES string of the molecule is CC(C)N1CCOCc2[c-]cccc21.[Re]. The molecule has 0 amide bonds. The van der Waals surface area contributed by atoms with E-state index >= 15 is 0 Å². The van der Waals surface area contributed by atoms with Crippen molar-refractivity contribution in [3.8, 4) is 0 Å². The molecule has 0 N–H and O–H groups in total. The zero-order valence-electron chi connectivity index (χ0n) is 9.16. The summed E-state index contributed by atoms with van der Waals surface area (Å²) in [6.07, 6.45) is 0. The maximum absolute atomic E-state index is 5.53. The second-order valence-corrected chi connectivity index (χ2v) is 3.87. The molecular weight excluding hydrogens is 360 g/mol. The second-order valence-electron chi connectivity index (χ2n) is 3.87. The molecule has 0 spiro atoms. The van der Waals surface area contributed by atoms with Crippen LogP contribution in [-0.2, 0) is 31.8 Å². The van der Waals surface area contributed by atoms with Gasteiger partial charge in [-0.3, -0.25) is 0 Å². The van der Waals surface area contributed by atoms with Gasteiger partial charge in [-0.15, -0.1) is 11.6 Å². The minimum absolute atomic E-state index is 0. The van der Waals surface area contributed by atoms with Crippen molar-refractivity contribution in [1.29, 1.82) is 0 Å². The van der Waals surface area contributed by atoms with Crippen molar-refractivity contribution in [2.45, 2.75) is 26.5 Å². The molecule has 1 heterocycles. The predicted molar refractivity (Wildman–Crippen MR) is 57.4 cm³/mol. The van der Waals surface area contributed by atoms with Crippen LogP contribution in [0.5, 0.6) is 0 Å². The molecule has 1 aromatic rings. The van der Waals surface area contributed by atoms with Gasteiger partial charge in [0.15, 0.2) is 0 Å². The fraction of sp³-hybridized carbons (Fsp3) is 0.500. The standard InChI is InChI=1S/C12H16NO.Re/c1-10(2)13-7-8-14-9-11-5-3-4-6-12(11)13;/h3-4,6,10H,7-9H2,1-2H3;/q-1;. The Bertz CT molecular complexity index is 314. The number of fused-ring (bicyclic) bond motifs is 1. The monoisotopic (exact) mass is 377 g/mol. The van der Waals surface area contributed by atoms with E-state index in [4.69, 9.17) is 4.74 Å². The fourth-order valence-corrected chi connectivity index (χ4v) is 1.84. The molecule has 15 heavy (non-hydrogen) atoms. The van der Waals surface area contributed by atoms with Gasteiger partial charge in [-0.05, 0) is 13.8 Å². The summed E-state index contributed by atoms with van der Waals surface area (Å²) in [6, 6.07) is 9.91. The number of hydrogen-bond acceptors (Lipinski definition) is 2. The van der Waals surface area contributed by atoms with E-state index in [0.717, 1.165) is 13.2 Å². The molecule has 0 aliphatic carbocycles. The minimum atomic E-state index is 0. The van der Waals surface area contributed by atoms with E-state index in [-0.39, 0.29) is 20.4 Å². The Labute approximate surface area is 105 Å². The zero-order valence-corrected chi connectivity index (χ0v) is 11.9. The van der Waals surface area contributed by atoms with Crippen molar-refractivity contribution in [3.63, 3.8) is 0 Å². The molecule has 1 aliphatic heterocycles. The summed E-state index contributed by atoms with van der Waals surface area (Å²) < 4.78 is 5.53. The van der Waals surface area contributed by atoms with Crippen LogP contribution in [0.3, 0.4) is 0 Å². The third-order valence-corrected chi connectivity index (χ3v) is 2.57. The Morgan fingerprint density at radius 3 is 3.00 bits per heavy atom.